The molecule has 0 spiro atoms. The number of hydrogen-bond acceptors (Lipinski definition) is 5. The first-order valence-electron chi connectivity index (χ1n) is 9.18. The number of nitrogens with one attached hydrogen (secondary N) is 1. The highest BCUT2D eigenvalue weighted by molar-refractivity contribution is 6.30. The molecular weight excluding hydrogens is 392 g/mol. The van der Waals surface area contributed by atoms with Gasteiger partial charge in [-0.3, -0.25) is 4.79 Å². The van der Waals surface area contributed by atoms with Crippen LogP contribution in [0.3, 0.4) is 0 Å². The summed E-state index contributed by atoms with van der Waals surface area (Å²) in [6, 6.07) is 12.3. The minimum absolute atomic E-state index is 0.192. The number of amides is 1. The zero-order valence-corrected chi connectivity index (χ0v) is 17.5. The van der Waals surface area contributed by atoms with Crippen molar-refractivity contribution in [2.24, 2.45) is 0 Å². The van der Waals surface area contributed by atoms with E-state index in [4.69, 9.17) is 25.6 Å². The van der Waals surface area contributed by atoms with Crippen molar-refractivity contribution < 1.29 is 18.8 Å². The van der Waals surface area contributed by atoms with E-state index in [-0.39, 0.29) is 11.9 Å². The summed E-state index contributed by atoms with van der Waals surface area (Å²) in [5.41, 5.74) is 3.08. The number of aryl methyl sites for hydroxylation is 2. The molecule has 0 aliphatic rings. The maximum atomic E-state index is 12.7. The van der Waals surface area contributed by atoms with Gasteiger partial charge < -0.3 is 19.3 Å². The van der Waals surface area contributed by atoms with Crippen molar-refractivity contribution in [1.82, 2.24) is 10.5 Å². The Bertz CT molecular complexity index is 996. The summed E-state index contributed by atoms with van der Waals surface area (Å²) in [7, 11) is 1.54. The van der Waals surface area contributed by atoms with Crippen molar-refractivity contribution in [2.75, 3.05) is 7.11 Å². The van der Waals surface area contributed by atoms with E-state index < -0.39 is 0 Å². The molecule has 152 valence electrons. The number of rotatable bonds is 7. The lowest BCUT2D eigenvalue weighted by atomic mass is 10.1. The second-order valence-corrected chi connectivity index (χ2v) is 7.14. The molecule has 0 saturated carbocycles. The average Bonchev–Trinajstić information content (AvgIpc) is 3.03. The number of carbonyl (C=O) groups is 1. The number of nitrogens with zero attached hydrogens (tertiary/aromatic N) is 1. The van der Waals surface area contributed by atoms with E-state index >= 15 is 0 Å². The lowest BCUT2D eigenvalue weighted by Gasteiger charge is -2.16. The Balaban J connectivity index is 1.71. The standard InChI is InChI=1S/C22H23ClN2O4/c1-13(16-6-5-7-18(23)10-16)24-22(26)17-8-9-20(21(11-17)27-4)28-12-19-14(2)25-29-15(19)3/h5-11,13H,12H2,1-4H3,(H,24,26). The zero-order valence-electron chi connectivity index (χ0n) is 16.8. The molecule has 1 unspecified atom stereocenters. The van der Waals surface area contributed by atoms with Crippen LogP contribution < -0.4 is 14.8 Å². The molecule has 0 bridgehead atoms. The molecule has 3 aromatic rings. The first kappa shape index (κ1) is 20.7. The van der Waals surface area contributed by atoms with E-state index in [1.165, 1.54) is 7.11 Å². The molecule has 6 nitrogen and oxygen atoms in total. The van der Waals surface area contributed by atoms with Crippen molar-refractivity contribution in [2.45, 2.75) is 33.4 Å². The van der Waals surface area contributed by atoms with Crippen molar-refractivity contribution in [1.29, 1.82) is 0 Å². The fraction of sp³-hybridized carbons (Fsp3) is 0.273. The van der Waals surface area contributed by atoms with Gasteiger partial charge in [0.25, 0.3) is 5.91 Å². The molecule has 1 N–H and O–H groups in total. The summed E-state index contributed by atoms with van der Waals surface area (Å²) in [6.07, 6.45) is 0. The molecule has 0 radical (unpaired) electrons. The molecule has 0 saturated heterocycles. The number of aromatic nitrogens is 1. The van der Waals surface area contributed by atoms with Crippen LogP contribution in [-0.2, 0) is 6.61 Å². The van der Waals surface area contributed by atoms with Gasteiger partial charge >= 0.3 is 0 Å². The summed E-state index contributed by atoms with van der Waals surface area (Å²) in [5.74, 6) is 1.51. The molecule has 0 fully saturated rings. The molecular formula is C22H23ClN2O4. The van der Waals surface area contributed by atoms with E-state index in [0.29, 0.717) is 34.5 Å². The Kier molecular flexibility index (Phi) is 6.44. The third kappa shape index (κ3) is 4.90. The van der Waals surface area contributed by atoms with E-state index in [2.05, 4.69) is 10.5 Å². The first-order chi connectivity index (χ1) is 13.9. The van der Waals surface area contributed by atoms with E-state index in [9.17, 15) is 4.79 Å². The lowest BCUT2D eigenvalue weighted by Crippen LogP contribution is -2.26. The van der Waals surface area contributed by atoms with Gasteiger partial charge in [-0.2, -0.15) is 0 Å². The smallest absolute Gasteiger partial charge is 0.251 e. The maximum absolute atomic E-state index is 12.7. The van der Waals surface area contributed by atoms with E-state index in [0.717, 1.165) is 16.8 Å². The van der Waals surface area contributed by atoms with Crippen LogP contribution in [-0.4, -0.2) is 18.2 Å². The molecule has 2 aromatic carbocycles. The van der Waals surface area contributed by atoms with E-state index in [1.54, 1.807) is 24.3 Å². The monoisotopic (exact) mass is 414 g/mol. The number of carbonyl (C=O) groups excluding carboxylic acids is 1. The number of benzene rings is 2. The number of ether oxygens (including phenoxy) is 2. The van der Waals surface area contributed by atoms with E-state index in [1.807, 2.05) is 39.0 Å². The average molecular weight is 415 g/mol. The van der Waals surface area contributed by atoms with Crippen molar-refractivity contribution in [3.8, 4) is 11.5 Å². The number of methoxy groups -OCH3 is 1. The van der Waals surface area contributed by atoms with Crippen LogP contribution in [0.25, 0.3) is 0 Å². The van der Waals surface area contributed by atoms with Crippen molar-refractivity contribution in [3.63, 3.8) is 0 Å². The van der Waals surface area contributed by atoms with Crippen molar-refractivity contribution >= 4 is 17.5 Å². The van der Waals surface area contributed by atoms with Crippen LogP contribution in [0.4, 0.5) is 0 Å². The molecule has 1 heterocycles. The topological polar surface area (TPSA) is 73.6 Å². The van der Waals surface area contributed by atoms with Crippen LogP contribution >= 0.6 is 11.6 Å². The normalized spacial score (nSPS) is 11.8. The SMILES string of the molecule is COc1cc(C(=O)NC(C)c2cccc(Cl)c2)ccc1OCc1c(C)noc1C. The highest BCUT2D eigenvalue weighted by Crippen LogP contribution is 2.30. The minimum atomic E-state index is -0.215. The molecule has 7 heteroatoms. The quantitative estimate of drug-likeness (QED) is 0.587. The predicted octanol–water partition coefficient (Wildman–Crippen LogP) is 5.02. The predicted molar refractivity (Wildman–Crippen MR) is 111 cm³/mol. The highest BCUT2D eigenvalue weighted by atomic mass is 35.5. The molecule has 1 aromatic heterocycles. The summed E-state index contributed by atoms with van der Waals surface area (Å²) in [5, 5.41) is 7.51. The van der Waals surface area contributed by atoms with Gasteiger partial charge in [0.1, 0.15) is 12.4 Å². The van der Waals surface area contributed by atoms with Crippen LogP contribution in [0.1, 0.15) is 45.9 Å². The molecule has 1 atom stereocenters. The molecule has 3 rings (SSSR count). The Morgan fingerprint density at radius 1 is 1.21 bits per heavy atom. The Morgan fingerprint density at radius 3 is 2.66 bits per heavy atom. The molecule has 29 heavy (non-hydrogen) atoms. The minimum Gasteiger partial charge on any atom is -0.493 e. The summed E-state index contributed by atoms with van der Waals surface area (Å²) >= 11 is 6.03. The van der Waals surface area contributed by atoms with Crippen LogP contribution in [0.2, 0.25) is 5.02 Å². The molecule has 0 aliphatic heterocycles. The summed E-state index contributed by atoms with van der Waals surface area (Å²) < 4.78 is 16.4. The molecule has 0 aliphatic carbocycles. The molecule has 1 amide bonds. The number of hydrogen-bond donors (Lipinski definition) is 1. The van der Waals surface area contributed by atoms with Gasteiger partial charge in [-0.05, 0) is 56.7 Å². The fourth-order valence-electron chi connectivity index (χ4n) is 2.93. The van der Waals surface area contributed by atoms with Gasteiger partial charge in [-0.15, -0.1) is 0 Å². The zero-order chi connectivity index (χ0) is 21.0. The Labute approximate surface area is 174 Å². The van der Waals surface area contributed by atoms with Gasteiger partial charge in [0.05, 0.1) is 24.4 Å². The second-order valence-electron chi connectivity index (χ2n) is 6.71. The third-order valence-corrected chi connectivity index (χ3v) is 4.91. The van der Waals surface area contributed by atoms with Gasteiger partial charge in [-0.25, -0.2) is 0 Å². The maximum Gasteiger partial charge on any atom is 0.251 e. The summed E-state index contributed by atoms with van der Waals surface area (Å²) in [4.78, 5) is 12.7. The van der Waals surface area contributed by atoms with Gasteiger partial charge in [0.15, 0.2) is 11.5 Å². The highest BCUT2D eigenvalue weighted by Gasteiger charge is 2.16. The second kappa shape index (κ2) is 9.01. The Morgan fingerprint density at radius 2 is 2.00 bits per heavy atom. The number of halogens is 1. The third-order valence-electron chi connectivity index (χ3n) is 4.68. The van der Waals surface area contributed by atoms with Gasteiger partial charge in [-0.1, -0.05) is 28.9 Å². The van der Waals surface area contributed by atoms with Crippen LogP contribution in [0.5, 0.6) is 11.5 Å². The fourth-order valence-corrected chi connectivity index (χ4v) is 3.12. The Hall–Kier alpha value is -2.99. The summed E-state index contributed by atoms with van der Waals surface area (Å²) in [6.45, 7) is 5.90. The van der Waals surface area contributed by atoms with Crippen LogP contribution in [0.15, 0.2) is 47.0 Å². The van der Waals surface area contributed by atoms with Crippen LogP contribution in [0, 0.1) is 13.8 Å². The largest absolute Gasteiger partial charge is 0.493 e. The first-order valence-corrected chi connectivity index (χ1v) is 9.55. The van der Waals surface area contributed by atoms with Gasteiger partial charge in [0.2, 0.25) is 0 Å². The lowest BCUT2D eigenvalue weighted by molar-refractivity contribution is 0.0939. The van der Waals surface area contributed by atoms with Crippen molar-refractivity contribution in [3.05, 3.63) is 75.6 Å². The van der Waals surface area contributed by atoms with Gasteiger partial charge in [0, 0.05) is 10.6 Å².